The normalized spacial score (nSPS) is 15.3. The molecule has 1 N–H and O–H groups in total. The van der Waals surface area contributed by atoms with Gasteiger partial charge in [0, 0.05) is 17.7 Å². The molecule has 1 saturated carbocycles. The van der Waals surface area contributed by atoms with E-state index in [9.17, 15) is 9.59 Å². The van der Waals surface area contributed by atoms with Gasteiger partial charge in [-0.25, -0.2) is 4.68 Å². The highest BCUT2D eigenvalue weighted by Crippen LogP contribution is 2.22. The standard InChI is InChI=1S/C23H25N3O2/c27-22(24-20-9-3-1-2-4-10-20)16-26-23(28)14-13-21(25-26)19-12-11-17-7-5-6-8-18(17)15-19/h5-8,11-15,20H,1-4,9-10,16H2,(H,24,27). The van der Waals surface area contributed by atoms with E-state index < -0.39 is 0 Å². The number of benzene rings is 2. The van der Waals surface area contributed by atoms with Crippen LogP contribution in [0.2, 0.25) is 0 Å². The fraction of sp³-hybridized carbons (Fsp3) is 0.348. The average Bonchev–Trinajstić information content (AvgIpc) is 2.98. The van der Waals surface area contributed by atoms with Gasteiger partial charge in [0.25, 0.3) is 5.56 Å². The quantitative estimate of drug-likeness (QED) is 0.704. The smallest absolute Gasteiger partial charge is 0.267 e. The van der Waals surface area contributed by atoms with Crippen LogP contribution < -0.4 is 10.9 Å². The Balaban J connectivity index is 1.53. The molecule has 1 heterocycles. The summed E-state index contributed by atoms with van der Waals surface area (Å²) in [7, 11) is 0. The van der Waals surface area contributed by atoms with Crippen LogP contribution in [-0.2, 0) is 11.3 Å². The maximum Gasteiger partial charge on any atom is 0.267 e. The summed E-state index contributed by atoms with van der Waals surface area (Å²) in [5, 5.41) is 9.79. The highest BCUT2D eigenvalue weighted by molar-refractivity contribution is 5.86. The third-order valence-corrected chi connectivity index (χ3v) is 5.43. The molecule has 1 fully saturated rings. The summed E-state index contributed by atoms with van der Waals surface area (Å²) in [6, 6.07) is 17.6. The number of rotatable bonds is 4. The molecule has 3 aromatic rings. The van der Waals surface area contributed by atoms with E-state index in [1.807, 2.05) is 24.3 Å². The van der Waals surface area contributed by atoms with E-state index in [1.165, 1.54) is 23.6 Å². The fourth-order valence-electron chi connectivity index (χ4n) is 3.90. The summed E-state index contributed by atoms with van der Waals surface area (Å²) >= 11 is 0. The monoisotopic (exact) mass is 375 g/mol. The first-order chi connectivity index (χ1) is 13.7. The zero-order valence-electron chi connectivity index (χ0n) is 15.9. The van der Waals surface area contributed by atoms with E-state index in [2.05, 4.69) is 28.6 Å². The Bertz CT molecular complexity index is 1030. The Kier molecular flexibility index (Phi) is 5.51. The van der Waals surface area contributed by atoms with Crippen molar-refractivity contribution < 1.29 is 4.79 Å². The summed E-state index contributed by atoms with van der Waals surface area (Å²) in [4.78, 5) is 24.7. The predicted octanol–water partition coefficient (Wildman–Crippen LogP) is 3.90. The number of hydrogen-bond donors (Lipinski definition) is 1. The molecular formula is C23H25N3O2. The van der Waals surface area contributed by atoms with Crippen LogP contribution in [0.5, 0.6) is 0 Å². The Labute approximate surface area is 164 Å². The van der Waals surface area contributed by atoms with Crippen molar-refractivity contribution in [3.05, 3.63) is 65.0 Å². The zero-order valence-corrected chi connectivity index (χ0v) is 15.9. The lowest BCUT2D eigenvalue weighted by atomic mass is 10.1. The van der Waals surface area contributed by atoms with Crippen molar-refractivity contribution in [3.63, 3.8) is 0 Å². The van der Waals surface area contributed by atoms with Crippen molar-refractivity contribution in [3.8, 4) is 11.3 Å². The molecule has 28 heavy (non-hydrogen) atoms. The lowest BCUT2D eigenvalue weighted by Gasteiger charge is -2.16. The highest BCUT2D eigenvalue weighted by atomic mass is 16.2. The minimum absolute atomic E-state index is 0.0449. The maximum absolute atomic E-state index is 12.5. The van der Waals surface area contributed by atoms with Gasteiger partial charge in [-0.1, -0.05) is 62.1 Å². The van der Waals surface area contributed by atoms with Crippen molar-refractivity contribution in [2.75, 3.05) is 0 Å². The first-order valence-electron chi connectivity index (χ1n) is 10.1. The van der Waals surface area contributed by atoms with Crippen LogP contribution >= 0.6 is 0 Å². The largest absolute Gasteiger partial charge is 0.352 e. The van der Waals surface area contributed by atoms with Crippen LogP contribution in [0, 0.1) is 0 Å². The number of amides is 1. The third-order valence-electron chi connectivity index (χ3n) is 5.43. The molecule has 1 aromatic heterocycles. The van der Waals surface area contributed by atoms with Crippen molar-refractivity contribution in [2.45, 2.75) is 51.1 Å². The molecule has 0 bridgehead atoms. The minimum atomic E-state index is -0.263. The molecule has 144 valence electrons. The first-order valence-corrected chi connectivity index (χ1v) is 10.1. The molecule has 0 radical (unpaired) electrons. The second-order valence-corrected chi connectivity index (χ2v) is 7.53. The second kappa shape index (κ2) is 8.38. The maximum atomic E-state index is 12.5. The van der Waals surface area contributed by atoms with Crippen LogP contribution in [0.3, 0.4) is 0 Å². The molecule has 1 aliphatic rings. The Hall–Kier alpha value is -2.95. The number of nitrogens with one attached hydrogen (secondary N) is 1. The summed E-state index contributed by atoms with van der Waals surface area (Å²) < 4.78 is 1.26. The van der Waals surface area contributed by atoms with Gasteiger partial charge in [0.1, 0.15) is 6.54 Å². The molecule has 0 saturated heterocycles. The van der Waals surface area contributed by atoms with Crippen molar-refractivity contribution in [1.82, 2.24) is 15.1 Å². The first kappa shape index (κ1) is 18.4. The van der Waals surface area contributed by atoms with Crippen LogP contribution in [0.15, 0.2) is 59.4 Å². The summed E-state index contributed by atoms with van der Waals surface area (Å²) in [6.07, 6.45) is 6.82. The van der Waals surface area contributed by atoms with Gasteiger partial charge >= 0.3 is 0 Å². The Morgan fingerprint density at radius 1 is 0.964 bits per heavy atom. The van der Waals surface area contributed by atoms with Gasteiger partial charge in [-0.3, -0.25) is 9.59 Å². The summed E-state index contributed by atoms with van der Waals surface area (Å²) in [5.41, 5.74) is 1.35. The summed E-state index contributed by atoms with van der Waals surface area (Å²) in [6.45, 7) is -0.0449. The minimum Gasteiger partial charge on any atom is -0.352 e. The fourth-order valence-corrected chi connectivity index (χ4v) is 3.90. The number of fused-ring (bicyclic) bond motifs is 1. The molecule has 5 heteroatoms. The SMILES string of the molecule is O=C(Cn1nc(-c2ccc3ccccc3c2)ccc1=O)NC1CCCCCC1. The predicted molar refractivity (Wildman–Crippen MR) is 111 cm³/mol. The van der Waals surface area contributed by atoms with E-state index in [4.69, 9.17) is 0 Å². The van der Waals surface area contributed by atoms with Gasteiger partial charge in [-0.05, 0) is 35.7 Å². The van der Waals surface area contributed by atoms with E-state index in [0.717, 1.165) is 42.0 Å². The molecule has 4 rings (SSSR count). The topological polar surface area (TPSA) is 64.0 Å². The number of nitrogens with zero attached hydrogens (tertiary/aromatic N) is 2. The van der Waals surface area contributed by atoms with Crippen LogP contribution in [0.1, 0.15) is 38.5 Å². The number of hydrogen-bond acceptors (Lipinski definition) is 3. The van der Waals surface area contributed by atoms with Gasteiger partial charge in [0.15, 0.2) is 0 Å². The van der Waals surface area contributed by atoms with E-state index >= 15 is 0 Å². The summed E-state index contributed by atoms with van der Waals surface area (Å²) in [5.74, 6) is -0.142. The van der Waals surface area contributed by atoms with E-state index in [-0.39, 0.29) is 24.1 Å². The van der Waals surface area contributed by atoms with Crippen molar-refractivity contribution in [1.29, 1.82) is 0 Å². The molecule has 0 atom stereocenters. The lowest BCUT2D eigenvalue weighted by molar-refractivity contribution is -0.122. The van der Waals surface area contributed by atoms with Gasteiger partial charge in [0.2, 0.25) is 5.91 Å². The lowest BCUT2D eigenvalue weighted by Crippen LogP contribution is -2.39. The molecule has 0 unspecified atom stereocenters. The molecule has 5 nitrogen and oxygen atoms in total. The second-order valence-electron chi connectivity index (χ2n) is 7.53. The number of carbonyl (C=O) groups excluding carboxylic acids is 1. The van der Waals surface area contributed by atoms with Gasteiger partial charge in [0.05, 0.1) is 5.69 Å². The third kappa shape index (κ3) is 4.30. The molecular weight excluding hydrogens is 350 g/mol. The number of carbonyl (C=O) groups is 1. The Morgan fingerprint density at radius 3 is 2.50 bits per heavy atom. The van der Waals surface area contributed by atoms with Gasteiger partial charge < -0.3 is 5.32 Å². The van der Waals surface area contributed by atoms with Crippen LogP contribution in [0.4, 0.5) is 0 Å². The molecule has 0 aliphatic heterocycles. The number of aromatic nitrogens is 2. The van der Waals surface area contributed by atoms with Gasteiger partial charge in [-0.2, -0.15) is 5.10 Å². The Morgan fingerprint density at radius 2 is 1.71 bits per heavy atom. The van der Waals surface area contributed by atoms with E-state index in [1.54, 1.807) is 6.07 Å². The van der Waals surface area contributed by atoms with Crippen LogP contribution in [0.25, 0.3) is 22.0 Å². The van der Waals surface area contributed by atoms with Crippen LogP contribution in [-0.4, -0.2) is 21.7 Å². The van der Waals surface area contributed by atoms with Crippen molar-refractivity contribution >= 4 is 16.7 Å². The molecule has 0 spiro atoms. The molecule has 2 aromatic carbocycles. The highest BCUT2D eigenvalue weighted by Gasteiger charge is 2.16. The van der Waals surface area contributed by atoms with Crippen molar-refractivity contribution in [2.24, 2.45) is 0 Å². The van der Waals surface area contributed by atoms with E-state index in [0.29, 0.717) is 5.69 Å². The molecule has 1 amide bonds. The average molecular weight is 375 g/mol. The van der Waals surface area contributed by atoms with Gasteiger partial charge in [-0.15, -0.1) is 0 Å². The molecule has 1 aliphatic carbocycles. The zero-order chi connectivity index (χ0) is 19.3.